The summed E-state index contributed by atoms with van der Waals surface area (Å²) in [5, 5.41) is 5.55. The van der Waals surface area contributed by atoms with E-state index in [1.54, 1.807) is 17.6 Å². The predicted molar refractivity (Wildman–Crippen MR) is 66.0 cm³/mol. The number of hydrogen-bond acceptors (Lipinski definition) is 3. The molecule has 2 heterocycles. The molecule has 0 fully saturated rings. The molecule has 4 heteroatoms. The van der Waals surface area contributed by atoms with Gasteiger partial charge in [-0.2, -0.15) is 0 Å². The minimum absolute atomic E-state index is 0.249. The van der Waals surface area contributed by atoms with Gasteiger partial charge in [0.1, 0.15) is 5.76 Å². The second-order valence-corrected chi connectivity index (χ2v) is 5.67. The van der Waals surface area contributed by atoms with Crippen molar-refractivity contribution < 1.29 is 4.42 Å². The number of thiophene rings is 1. The van der Waals surface area contributed by atoms with Gasteiger partial charge in [-0.15, -0.1) is 11.3 Å². The molecule has 0 aliphatic carbocycles. The van der Waals surface area contributed by atoms with E-state index >= 15 is 0 Å². The number of rotatable bonds is 4. The van der Waals surface area contributed by atoms with E-state index in [9.17, 15) is 0 Å². The van der Waals surface area contributed by atoms with E-state index < -0.39 is 0 Å². The molecule has 0 aliphatic rings. The first-order valence-corrected chi connectivity index (χ1v) is 6.42. The lowest BCUT2D eigenvalue weighted by Crippen LogP contribution is -2.17. The normalized spacial score (nSPS) is 12.9. The Morgan fingerprint density at radius 1 is 1.60 bits per heavy atom. The van der Waals surface area contributed by atoms with Crippen molar-refractivity contribution in [2.24, 2.45) is 0 Å². The molecule has 0 saturated heterocycles. The van der Waals surface area contributed by atoms with Gasteiger partial charge < -0.3 is 9.73 Å². The van der Waals surface area contributed by atoms with Gasteiger partial charge in [-0.3, -0.25) is 0 Å². The van der Waals surface area contributed by atoms with Gasteiger partial charge in [0.15, 0.2) is 0 Å². The Morgan fingerprint density at radius 2 is 2.47 bits per heavy atom. The highest BCUT2D eigenvalue weighted by atomic mass is 79.9. The monoisotopic (exact) mass is 285 g/mol. The highest BCUT2D eigenvalue weighted by Gasteiger charge is 2.07. The van der Waals surface area contributed by atoms with E-state index in [2.05, 4.69) is 39.6 Å². The zero-order valence-electron chi connectivity index (χ0n) is 8.37. The van der Waals surface area contributed by atoms with Crippen molar-refractivity contribution in [2.75, 3.05) is 0 Å². The first-order chi connectivity index (χ1) is 7.25. The van der Waals surface area contributed by atoms with Crippen LogP contribution in [0.4, 0.5) is 0 Å². The average molecular weight is 286 g/mol. The van der Waals surface area contributed by atoms with Crippen molar-refractivity contribution in [2.45, 2.75) is 19.5 Å². The lowest BCUT2D eigenvalue weighted by atomic mass is 10.2. The molecule has 0 unspecified atom stereocenters. The maximum atomic E-state index is 5.32. The van der Waals surface area contributed by atoms with Crippen LogP contribution in [0.15, 0.2) is 38.0 Å². The van der Waals surface area contributed by atoms with Crippen LogP contribution >= 0.6 is 27.3 Å². The number of hydrogen-bond donors (Lipinski definition) is 1. The Hall–Kier alpha value is -0.580. The van der Waals surface area contributed by atoms with Crippen LogP contribution in [0.25, 0.3) is 0 Å². The third-order valence-corrected chi connectivity index (χ3v) is 3.76. The fourth-order valence-corrected chi connectivity index (χ4v) is 2.56. The molecule has 2 rings (SSSR count). The van der Waals surface area contributed by atoms with Gasteiger partial charge in [0, 0.05) is 6.54 Å². The second-order valence-electron chi connectivity index (χ2n) is 3.38. The molecule has 1 atom stereocenters. The van der Waals surface area contributed by atoms with E-state index in [-0.39, 0.29) is 6.04 Å². The molecule has 2 nitrogen and oxygen atoms in total. The lowest BCUT2D eigenvalue weighted by molar-refractivity contribution is 0.430. The fraction of sp³-hybridized carbons (Fsp3) is 0.273. The van der Waals surface area contributed by atoms with Crippen LogP contribution < -0.4 is 5.32 Å². The molecule has 0 radical (unpaired) electrons. The van der Waals surface area contributed by atoms with Crippen LogP contribution in [0.5, 0.6) is 0 Å². The van der Waals surface area contributed by atoms with E-state index in [4.69, 9.17) is 4.42 Å². The van der Waals surface area contributed by atoms with Crippen molar-refractivity contribution in [3.63, 3.8) is 0 Å². The highest BCUT2D eigenvalue weighted by Crippen LogP contribution is 2.21. The summed E-state index contributed by atoms with van der Waals surface area (Å²) in [7, 11) is 0. The van der Waals surface area contributed by atoms with Crippen molar-refractivity contribution in [3.05, 3.63) is 45.0 Å². The summed E-state index contributed by atoms with van der Waals surface area (Å²) in [6.07, 6.45) is 1.70. The maximum absolute atomic E-state index is 5.32. The second kappa shape index (κ2) is 4.96. The van der Waals surface area contributed by atoms with Crippen molar-refractivity contribution in [1.82, 2.24) is 5.32 Å². The largest absolute Gasteiger partial charge is 0.468 e. The van der Waals surface area contributed by atoms with E-state index in [1.807, 2.05) is 12.1 Å². The predicted octanol–water partition coefficient (Wildman–Crippen LogP) is 3.95. The Balaban J connectivity index is 1.88. The minimum Gasteiger partial charge on any atom is -0.468 e. The van der Waals surface area contributed by atoms with Crippen LogP contribution in [-0.2, 0) is 6.54 Å². The summed E-state index contributed by atoms with van der Waals surface area (Å²) >= 11 is 5.16. The van der Waals surface area contributed by atoms with Crippen LogP contribution in [0.3, 0.4) is 0 Å². The molecule has 0 bridgehead atoms. The Morgan fingerprint density at radius 3 is 3.07 bits per heavy atom. The molecule has 0 spiro atoms. The van der Waals surface area contributed by atoms with Gasteiger partial charge in [0.05, 0.1) is 16.1 Å². The highest BCUT2D eigenvalue weighted by molar-refractivity contribution is 9.11. The zero-order chi connectivity index (χ0) is 10.7. The molecule has 0 aromatic carbocycles. The van der Waals surface area contributed by atoms with Crippen LogP contribution in [0.1, 0.15) is 24.3 Å². The van der Waals surface area contributed by atoms with Crippen molar-refractivity contribution in [3.8, 4) is 0 Å². The van der Waals surface area contributed by atoms with Gasteiger partial charge in [0.25, 0.3) is 0 Å². The molecule has 15 heavy (non-hydrogen) atoms. The number of furan rings is 1. The Labute approximate surface area is 101 Å². The van der Waals surface area contributed by atoms with Crippen LogP contribution in [0.2, 0.25) is 0 Å². The third kappa shape index (κ3) is 2.93. The first-order valence-electron chi connectivity index (χ1n) is 4.75. The van der Waals surface area contributed by atoms with Crippen molar-refractivity contribution in [1.29, 1.82) is 0 Å². The molecular formula is C11H12BrNOS. The van der Waals surface area contributed by atoms with Gasteiger partial charge >= 0.3 is 0 Å². The van der Waals surface area contributed by atoms with Gasteiger partial charge in [0.2, 0.25) is 0 Å². The summed E-state index contributed by atoms with van der Waals surface area (Å²) in [6, 6.07) is 6.28. The molecule has 0 aliphatic heterocycles. The summed E-state index contributed by atoms with van der Waals surface area (Å²) < 4.78 is 6.49. The Kier molecular flexibility index (Phi) is 3.61. The van der Waals surface area contributed by atoms with Crippen molar-refractivity contribution >= 4 is 27.3 Å². The fourth-order valence-electron chi connectivity index (χ4n) is 1.35. The molecule has 2 aromatic rings. The molecule has 2 aromatic heterocycles. The summed E-state index contributed by atoms with van der Waals surface area (Å²) in [5.74, 6) is 0.976. The van der Waals surface area contributed by atoms with E-state index in [0.717, 1.165) is 12.3 Å². The maximum Gasteiger partial charge on any atom is 0.120 e. The molecule has 0 saturated carbocycles. The summed E-state index contributed by atoms with van der Waals surface area (Å²) in [4.78, 5) is 0. The van der Waals surface area contributed by atoms with Crippen LogP contribution in [0, 0.1) is 0 Å². The number of nitrogens with one attached hydrogen (secondary N) is 1. The molecule has 1 N–H and O–H groups in total. The molecule has 0 amide bonds. The van der Waals surface area contributed by atoms with Gasteiger partial charge in [-0.1, -0.05) is 0 Å². The van der Waals surface area contributed by atoms with Gasteiger partial charge in [-0.05, 0) is 52.0 Å². The topological polar surface area (TPSA) is 25.2 Å². The smallest absolute Gasteiger partial charge is 0.120 e. The number of halogens is 1. The lowest BCUT2D eigenvalue weighted by Gasteiger charge is -2.09. The molecule has 80 valence electrons. The summed E-state index contributed by atoms with van der Waals surface area (Å²) in [5.41, 5.74) is 1.30. The quantitative estimate of drug-likeness (QED) is 0.920. The zero-order valence-corrected chi connectivity index (χ0v) is 10.8. The minimum atomic E-state index is 0.249. The summed E-state index contributed by atoms with van der Waals surface area (Å²) in [6.45, 7) is 2.96. The van der Waals surface area contributed by atoms with E-state index in [1.165, 1.54) is 9.35 Å². The Bertz CT molecular complexity index is 410. The van der Waals surface area contributed by atoms with E-state index in [0.29, 0.717) is 0 Å². The van der Waals surface area contributed by atoms with Gasteiger partial charge in [-0.25, -0.2) is 0 Å². The average Bonchev–Trinajstić information content (AvgIpc) is 2.84. The van der Waals surface area contributed by atoms with Crippen LogP contribution in [-0.4, -0.2) is 0 Å². The SMILES string of the molecule is C[C@H](NCc1csc(Br)c1)c1ccco1. The standard InChI is InChI=1S/C11H12BrNOS/c1-8(10-3-2-4-14-10)13-6-9-5-11(12)15-7-9/h2-5,7-8,13H,6H2,1H3/t8-/m0/s1. The molecular weight excluding hydrogens is 274 g/mol. The first kappa shape index (κ1) is 10.9. The third-order valence-electron chi connectivity index (χ3n) is 2.20.